The van der Waals surface area contributed by atoms with Crippen LogP contribution in [0.25, 0.3) is 6.08 Å². The number of piperidine rings is 1. The van der Waals surface area contributed by atoms with Gasteiger partial charge in [0, 0.05) is 30.7 Å². The zero-order valence-electron chi connectivity index (χ0n) is 20.0. The molecule has 1 fully saturated rings. The molecule has 1 aliphatic carbocycles. The first-order valence-corrected chi connectivity index (χ1v) is 12.5. The van der Waals surface area contributed by atoms with Gasteiger partial charge in [0.1, 0.15) is 17.2 Å². The van der Waals surface area contributed by atoms with Crippen LogP contribution in [0.1, 0.15) is 35.7 Å². The average Bonchev–Trinajstić information content (AvgIpc) is 3.19. The van der Waals surface area contributed by atoms with E-state index >= 15 is 0 Å². The lowest BCUT2D eigenvalue weighted by Crippen LogP contribution is -2.55. The van der Waals surface area contributed by atoms with E-state index in [2.05, 4.69) is 22.8 Å². The Kier molecular flexibility index (Phi) is 5.69. The molecule has 35 heavy (non-hydrogen) atoms. The summed E-state index contributed by atoms with van der Waals surface area (Å²) in [4.78, 5) is 10.1. The van der Waals surface area contributed by atoms with Crippen molar-refractivity contribution in [3.8, 4) is 0 Å². The van der Waals surface area contributed by atoms with Crippen LogP contribution in [0.5, 0.6) is 0 Å². The summed E-state index contributed by atoms with van der Waals surface area (Å²) in [5, 5.41) is 28.8. The van der Waals surface area contributed by atoms with E-state index in [1.165, 1.54) is 5.56 Å². The Hall–Kier alpha value is -3.04. The molecule has 2 aliphatic heterocycles. The third kappa shape index (κ3) is 3.68. The summed E-state index contributed by atoms with van der Waals surface area (Å²) in [5.74, 6) is 2.36. The maximum Gasteiger partial charge on any atom is 0.772 e. The molecular weight excluding hydrogens is 437 g/mol. The van der Waals surface area contributed by atoms with Crippen molar-refractivity contribution < 1.29 is 10.0 Å². The van der Waals surface area contributed by atoms with Crippen molar-refractivity contribution >= 4 is 30.8 Å². The van der Waals surface area contributed by atoms with Gasteiger partial charge in [-0.25, -0.2) is 4.39 Å². The van der Waals surface area contributed by atoms with Gasteiger partial charge in [-0.1, -0.05) is 42.5 Å². The molecule has 1 saturated heterocycles. The lowest BCUT2D eigenvalue weighted by atomic mass is 9.74. The molecule has 178 valence electrons. The van der Waals surface area contributed by atoms with Gasteiger partial charge >= 0.3 is 13.2 Å². The molecule has 3 unspecified atom stereocenters. The van der Waals surface area contributed by atoms with Crippen LogP contribution in [-0.4, -0.2) is 40.4 Å². The van der Waals surface area contributed by atoms with Gasteiger partial charge in [-0.3, -0.25) is 0 Å². The van der Waals surface area contributed by atoms with E-state index < -0.39 is 7.25 Å². The fourth-order valence-electron chi connectivity index (χ4n) is 6.10. The van der Waals surface area contributed by atoms with Crippen LogP contribution in [0.2, 0.25) is 0 Å². The van der Waals surface area contributed by atoms with Gasteiger partial charge in [-0.05, 0) is 61.9 Å². The van der Waals surface area contributed by atoms with E-state index in [0.717, 1.165) is 66.4 Å². The Morgan fingerprint density at radius 1 is 1.03 bits per heavy atom. The number of hydrogen-bond acceptors (Lipinski definition) is 6. The molecule has 0 bridgehead atoms. The topological polar surface area (TPSA) is 90.3 Å². The number of nitrogens with one attached hydrogen (secondary N) is 2. The highest BCUT2D eigenvalue weighted by atomic mass is 16.4. The predicted molar refractivity (Wildman–Crippen MR) is 139 cm³/mol. The molecule has 0 spiro atoms. The normalized spacial score (nSPS) is 24.7. The van der Waals surface area contributed by atoms with Crippen molar-refractivity contribution in [2.75, 3.05) is 18.4 Å². The zero-order valence-corrected chi connectivity index (χ0v) is 20.0. The first-order valence-electron chi connectivity index (χ1n) is 12.5. The molecule has 6 rings (SSSR count). The second-order valence-corrected chi connectivity index (χ2v) is 9.97. The highest BCUT2D eigenvalue weighted by molar-refractivity contribution is 6.46. The minimum Gasteiger partial charge on any atom is -0.369 e. The van der Waals surface area contributed by atoms with E-state index in [4.69, 9.17) is 9.97 Å². The van der Waals surface area contributed by atoms with Crippen molar-refractivity contribution in [2.24, 2.45) is 11.8 Å². The maximum absolute atomic E-state index is 10.8. The van der Waals surface area contributed by atoms with Crippen LogP contribution >= 0.6 is 0 Å². The highest BCUT2D eigenvalue weighted by Crippen LogP contribution is 2.47. The molecule has 8 heteroatoms. The molecule has 0 amide bonds. The summed E-state index contributed by atoms with van der Waals surface area (Å²) in [6, 6.07) is 18.1. The summed E-state index contributed by atoms with van der Waals surface area (Å²) < 4.78 is -0.293. The molecule has 3 aliphatic rings. The number of hydrogen-bond donors (Lipinski definition) is 4. The minimum absolute atomic E-state index is 0.293. The van der Waals surface area contributed by atoms with Gasteiger partial charge < -0.3 is 20.7 Å². The average molecular weight is 468 g/mol. The summed E-state index contributed by atoms with van der Waals surface area (Å²) >= 11 is 0. The summed E-state index contributed by atoms with van der Waals surface area (Å²) in [7, 11) is -1.72. The van der Waals surface area contributed by atoms with Gasteiger partial charge in [0.25, 0.3) is 0 Å². The van der Waals surface area contributed by atoms with E-state index in [-0.39, 0.29) is 4.39 Å². The van der Waals surface area contributed by atoms with E-state index in [0.29, 0.717) is 24.3 Å². The number of nitrogens with zero attached hydrogens (tertiary/aromatic N) is 3. The molecule has 0 radical (unpaired) electrons. The number of rotatable bonds is 5. The Morgan fingerprint density at radius 3 is 2.66 bits per heavy atom. The van der Waals surface area contributed by atoms with Crippen molar-refractivity contribution in [1.29, 1.82) is 0 Å². The van der Waals surface area contributed by atoms with Gasteiger partial charge in [-0.15, -0.1) is 0 Å². The van der Waals surface area contributed by atoms with Crippen LogP contribution in [0.15, 0.2) is 60.3 Å². The Labute approximate surface area is 206 Å². The molecule has 1 aromatic heterocycles. The van der Waals surface area contributed by atoms with Crippen LogP contribution in [0, 0.1) is 11.8 Å². The molecule has 3 heterocycles. The van der Waals surface area contributed by atoms with E-state index in [1.54, 1.807) is 0 Å². The number of fused-ring (bicyclic) bond motifs is 3. The lowest BCUT2D eigenvalue weighted by molar-refractivity contribution is 0.234. The van der Waals surface area contributed by atoms with E-state index in [9.17, 15) is 10.0 Å². The Bertz CT molecular complexity index is 1280. The standard InChI is InChI=1S/C27H31BN5O2/c1-18-13-21-9-5-6-10-25(21)33(18,28(34)35)27-31-24-15-20-11-12-29-17-22(20)14-23(24)26(32-27)30-16-19-7-3-2-4-8-19/h2-10,13,20,22,29,34-35H,11-12,14-17H2,1H3,(H,30,31,32)/q+1. The molecule has 4 N–H and O–H groups in total. The van der Waals surface area contributed by atoms with Gasteiger partial charge in [0.05, 0.1) is 5.69 Å². The third-order valence-corrected chi connectivity index (χ3v) is 7.97. The van der Waals surface area contributed by atoms with Crippen molar-refractivity contribution in [3.63, 3.8) is 0 Å². The second kappa shape index (κ2) is 8.88. The highest BCUT2D eigenvalue weighted by Gasteiger charge is 2.56. The number of para-hydroxylation sites is 1. The van der Waals surface area contributed by atoms with Gasteiger partial charge in [0.2, 0.25) is 0 Å². The monoisotopic (exact) mass is 468 g/mol. The smallest absolute Gasteiger partial charge is 0.369 e. The number of quaternary nitrogens is 1. The molecule has 2 aromatic carbocycles. The van der Waals surface area contributed by atoms with Gasteiger partial charge in [-0.2, -0.15) is 9.97 Å². The third-order valence-electron chi connectivity index (χ3n) is 7.97. The summed E-state index contributed by atoms with van der Waals surface area (Å²) in [5.41, 5.74) is 5.88. The van der Waals surface area contributed by atoms with E-state index in [1.807, 2.05) is 55.5 Å². The SMILES string of the molecule is CC1=Cc2ccccc2[N+]1(B(O)O)c1nc2c(c(NCc3ccccc3)n1)CC1CNCCC1C2. The number of allylic oxidation sites excluding steroid dienone is 1. The second-order valence-electron chi connectivity index (χ2n) is 9.97. The van der Waals surface area contributed by atoms with Crippen LogP contribution in [0.4, 0.5) is 17.5 Å². The zero-order chi connectivity index (χ0) is 24.0. The summed E-state index contributed by atoms with van der Waals surface area (Å²) in [6.45, 7) is 4.62. The largest absolute Gasteiger partial charge is 0.772 e. The Morgan fingerprint density at radius 2 is 1.83 bits per heavy atom. The fourth-order valence-corrected chi connectivity index (χ4v) is 6.10. The van der Waals surface area contributed by atoms with Crippen molar-refractivity contribution in [3.05, 3.63) is 82.7 Å². The predicted octanol–water partition coefficient (Wildman–Crippen LogP) is 3.40. The Balaban J connectivity index is 1.49. The van der Waals surface area contributed by atoms with Crippen molar-refractivity contribution in [1.82, 2.24) is 19.7 Å². The number of aromatic nitrogens is 2. The first-order chi connectivity index (χ1) is 17.1. The van der Waals surface area contributed by atoms with Gasteiger partial charge in [0.15, 0.2) is 0 Å². The number of anilines is 1. The summed E-state index contributed by atoms with van der Waals surface area (Å²) in [6.07, 6.45) is 4.96. The lowest BCUT2D eigenvalue weighted by Gasteiger charge is -2.38. The molecular formula is C27H31BN5O2+. The minimum atomic E-state index is -1.72. The van der Waals surface area contributed by atoms with Crippen LogP contribution in [0.3, 0.4) is 0 Å². The first kappa shape index (κ1) is 22.4. The molecule has 3 aromatic rings. The van der Waals surface area contributed by atoms with Crippen molar-refractivity contribution in [2.45, 2.75) is 32.7 Å². The molecule has 3 atom stereocenters. The fraction of sp³-hybridized carbons (Fsp3) is 0.333. The maximum atomic E-state index is 10.8. The molecule has 7 nitrogen and oxygen atoms in total. The molecule has 0 saturated carbocycles. The number of benzene rings is 2. The quantitative estimate of drug-likeness (QED) is 0.430. The van der Waals surface area contributed by atoms with Crippen LogP contribution in [-0.2, 0) is 19.4 Å². The van der Waals surface area contributed by atoms with Crippen LogP contribution < -0.4 is 15.0 Å².